The van der Waals surface area contributed by atoms with Gasteiger partial charge in [-0.2, -0.15) is 4.57 Å². The number of aromatic nitrogens is 4. The van der Waals surface area contributed by atoms with Gasteiger partial charge in [-0.3, -0.25) is 9.59 Å². The first-order valence-corrected chi connectivity index (χ1v) is 17.7. The molecule has 0 unspecified atom stereocenters. The maximum atomic E-state index is 13.8. The molecule has 4 aromatic heterocycles. The summed E-state index contributed by atoms with van der Waals surface area (Å²) in [7, 11) is 0. The largest absolute Gasteiger partial charge is 0.351 e. The molecular weight excluding hydrogens is 703 g/mol. The average molecular weight is 733 g/mol. The van der Waals surface area contributed by atoms with Crippen molar-refractivity contribution in [1.82, 2.24) is 14.3 Å². The molecule has 4 heterocycles. The van der Waals surface area contributed by atoms with Crippen LogP contribution < -0.4 is 15.2 Å². The molecule has 2 N–H and O–H groups in total. The molecule has 0 aliphatic carbocycles. The van der Waals surface area contributed by atoms with E-state index < -0.39 is 5.91 Å². The topological polar surface area (TPSA) is 98.0 Å². The molecule has 0 aliphatic rings. The molecule has 0 radical (unpaired) electrons. The number of benzene rings is 4. The van der Waals surface area contributed by atoms with Gasteiger partial charge in [-0.15, -0.1) is 0 Å². The minimum Gasteiger partial charge on any atom is -0.351 e. The highest BCUT2D eigenvalue weighted by molar-refractivity contribution is 7.11. The van der Waals surface area contributed by atoms with Gasteiger partial charge >= 0.3 is 0 Å². The smallest absolute Gasteiger partial charge is 0.294 e. The Balaban J connectivity index is 1.10. The fourth-order valence-corrected chi connectivity index (χ4v) is 7.43. The number of para-hydroxylation sites is 1. The Bertz CT molecular complexity index is 2550. The minimum absolute atomic E-state index is 0.108. The molecule has 9 nitrogen and oxygen atoms in total. The van der Waals surface area contributed by atoms with E-state index in [4.69, 9.17) is 27.7 Å². The van der Waals surface area contributed by atoms with Crippen LogP contribution in [-0.2, 0) is 13.1 Å². The number of nitrogens with zero attached hydrogens (tertiary/aromatic N) is 4. The molecule has 0 atom stereocenters. The summed E-state index contributed by atoms with van der Waals surface area (Å²) in [5.41, 5.74) is 9.00. The summed E-state index contributed by atoms with van der Waals surface area (Å²) >= 11 is 13.6. The lowest BCUT2D eigenvalue weighted by Crippen LogP contribution is -2.32. The molecular formula is C39H29Cl2N6O3S+. The summed E-state index contributed by atoms with van der Waals surface area (Å²) in [5, 5.41) is 13.0. The van der Waals surface area contributed by atoms with Crippen molar-refractivity contribution in [2.75, 3.05) is 10.6 Å². The zero-order chi connectivity index (χ0) is 35.1. The van der Waals surface area contributed by atoms with E-state index in [1.54, 1.807) is 0 Å². The van der Waals surface area contributed by atoms with E-state index >= 15 is 0 Å². The number of carbonyl (C=O) groups is 2. The lowest BCUT2D eigenvalue weighted by molar-refractivity contribution is -0.597. The van der Waals surface area contributed by atoms with E-state index in [9.17, 15) is 9.59 Å². The molecule has 0 bridgehead atoms. The number of hydrogen-bond acceptors (Lipinski definition) is 5. The first kappa shape index (κ1) is 32.5. The Morgan fingerprint density at radius 3 is 2.02 bits per heavy atom. The third-order valence-corrected chi connectivity index (χ3v) is 10.3. The summed E-state index contributed by atoms with van der Waals surface area (Å²) in [5.74, 6) is -0.492. The second-order valence-corrected chi connectivity index (χ2v) is 13.8. The molecule has 2 amide bonds. The molecule has 252 valence electrons. The maximum absolute atomic E-state index is 13.8. The Labute approximate surface area is 306 Å². The molecule has 0 saturated carbocycles. The van der Waals surface area contributed by atoms with Crippen LogP contribution in [0.25, 0.3) is 27.5 Å². The second kappa shape index (κ2) is 13.6. The van der Waals surface area contributed by atoms with Gasteiger partial charge in [0.25, 0.3) is 11.8 Å². The van der Waals surface area contributed by atoms with Crippen LogP contribution in [0.15, 0.2) is 126 Å². The van der Waals surface area contributed by atoms with Crippen molar-refractivity contribution in [2.45, 2.75) is 20.0 Å². The van der Waals surface area contributed by atoms with Crippen LogP contribution in [0.1, 0.15) is 37.0 Å². The predicted octanol–water partition coefficient (Wildman–Crippen LogP) is 9.14. The first-order chi connectivity index (χ1) is 24.8. The number of carbonyl (C=O) groups excluding carboxylic acids is 2. The molecule has 0 saturated heterocycles. The van der Waals surface area contributed by atoms with E-state index in [-0.39, 0.29) is 11.7 Å². The Morgan fingerprint density at radius 1 is 0.765 bits per heavy atom. The van der Waals surface area contributed by atoms with Crippen molar-refractivity contribution in [1.29, 1.82) is 0 Å². The van der Waals surface area contributed by atoms with Gasteiger partial charge in [-0.25, -0.2) is 0 Å². The van der Waals surface area contributed by atoms with Crippen molar-refractivity contribution in [3.8, 4) is 5.69 Å². The van der Waals surface area contributed by atoms with E-state index in [1.807, 2.05) is 120 Å². The van der Waals surface area contributed by atoms with Gasteiger partial charge < -0.3 is 24.3 Å². The van der Waals surface area contributed by atoms with Gasteiger partial charge in [0.1, 0.15) is 0 Å². The fraction of sp³-hybridized carbons (Fsp3) is 0.0769. The monoisotopic (exact) mass is 731 g/mol. The van der Waals surface area contributed by atoms with Gasteiger partial charge in [0.05, 0.1) is 28.6 Å². The molecule has 8 rings (SSSR count). The van der Waals surface area contributed by atoms with Crippen LogP contribution in [-0.4, -0.2) is 26.1 Å². The lowest BCUT2D eigenvalue weighted by Gasteiger charge is -2.06. The molecule has 0 fully saturated rings. The van der Waals surface area contributed by atoms with E-state index in [2.05, 4.69) is 24.9 Å². The summed E-state index contributed by atoms with van der Waals surface area (Å²) in [6.45, 7) is 3.13. The SMILES string of the molecule is Cc1c(C(=O)Nc2cn(Cc3ccc(Cl)cc3)c3ccccc23)sc[n+]1-c1ccc2c(c1)c(NC(=O)c1ccno1)cn2Cc1ccc(Cl)cc1. The van der Waals surface area contributed by atoms with Crippen molar-refractivity contribution >= 4 is 79.5 Å². The van der Waals surface area contributed by atoms with Crippen molar-refractivity contribution in [3.63, 3.8) is 0 Å². The zero-order valence-corrected chi connectivity index (χ0v) is 29.5. The van der Waals surface area contributed by atoms with Gasteiger partial charge in [0.2, 0.25) is 22.7 Å². The molecule has 0 spiro atoms. The first-order valence-electron chi connectivity index (χ1n) is 16.0. The third-order valence-electron chi connectivity index (χ3n) is 8.79. The summed E-state index contributed by atoms with van der Waals surface area (Å²) < 4.78 is 11.3. The number of anilines is 2. The zero-order valence-electron chi connectivity index (χ0n) is 27.1. The van der Waals surface area contributed by atoms with E-state index in [1.165, 1.54) is 23.6 Å². The highest BCUT2D eigenvalue weighted by atomic mass is 35.5. The predicted molar refractivity (Wildman–Crippen MR) is 202 cm³/mol. The molecule has 51 heavy (non-hydrogen) atoms. The van der Waals surface area contributed by atoms with Crippen LogP contribution in [0.2, 0.25) is 10.0 Å². The van der Waals surface area contributed by atoms with Gasteiger partial charge in [-0.1, -0.05) is 82.2 Å². The van der Waals surface area contributed by atoms with E-state index in [0.29, 0.717) is 33.7 Å². The minimum atomic E-state index is -0.406. The van der Waals surface area contributed by atoms with E-state index in [0.717, 1.165) is 50.0 Å². The summed E-state index contributed by atoms with van der Waals surface area (Å²) in [6, 6.07) is 31.0. The lowest BCUT2D eigenvalue weighted by atomic mass is 10.2. The fourth-order valence-electron chi connectivity index (χ4n) is 6.26. The summed E-state index contributed by atoms with van der Waals surface area (Å²) in [6.07, 6.45) is 5.32. The number of hydrogen-bond donors (Lipinski definition) is 2. The number of thiazole rings is 1. The van der Waals surface area contributed by atoms with Crippen molar-refractivity contribution in [2.24, 2.45) is 0 Å². The number of fused-ring (bicyclic) bond motifs is 2. The van der Waals surface area contributed by atoms with Crippen LogP contribution in [0, 0.1) is 6.92 Å². The van der Waals surface area contributed by atoms with Crippen LogP contribution in [0.3, 0.4) is 0 Å². The Morgan fingerprint density at radius 2 is 1.37 bits per heavy atom. The van der Waals surface area contributed by atoms with Crippen LogP contribution >= 0.6 is 34.5 Å². The second-order valence-electron chi connectivity index (χ2n) is 12.1. The number of rotatable bonds is 9. The normalized spacial score (nSPS) is 11.4. The van der Waals surface area contributed by atoms with Gasteiger partial charge in [0, 0.05) is 71.4 Å². The highest BCUT2D eigenvalue weighted by Crippen LogP contribution is 2.31. The van der Waals surface area contributed by atoms with Crippen molar-refractivity contribution < 1.29 is 18.7 Å². The summed E-state index contributed by atoms with van der Waals surface area (Å²) in [4.78, 5) is 27.4. The molecule has 4 aromatic carbocycles. The number of halogens is 2. The quantitative estimate of drug-likeness (QED) is 0.145. The van der Waals surface area contributed by atoms with Crippen molar-refractivity contribution in [3.05, 3.63) is 159 Å². The third kappa shape index (κ3) is 6.52. The van der Waals surface area contributed by atoms with Gasteiger partial charge in [0.15, 0.2) is 4.88 Å². The number of nitrogens with one attached hydrogen (secondary N) is 2. The Kier molecular flexibility index (Phi) is 8.65. The highest BCUT2D eigenvalue weighted by Gasteiger charge is 2.25. The van der Waals surface area contributed by atoms with Gasteiger partial charge in [-0.05, 0) is 47.5 Å². The maximum Gasteiger partial charge on any atom is 0.294 e. The Hall–Kier alpha value is -5.68. The number of amides is 2. The molecule has 12 heteroatoms. The average Bonchev–Trinajstić information content (AvgIpc) is 3.94. The van der Waals surface area contributed by atoms with Crippen LogP contribution in [0.5, 0.6) is 0 Å². The molecule has 0 aliphatic heterocycles. The molecule has 8 aromatic rings. The van der Waals surface area contributed by atoms with Crippen LogP contribution in [0.4, 0.5) is 11.4 Å². The standard InChI is InChI=1S/C39H28Cl2N6O3S/c1-24-37(39(49)44-32-21-45(34-5-3-2-4-30(32)34)19-25-6-10-27(40)11-7-25)51-23-47(24)29-14-15-35-31(18-29)33(43-38(48)36-16-17-42-50-36)22-46(35)20-26-8-12-28(41)13-9-26/h2-18,21-23H,19-20H2,1H3,(H-,43,44,48,49)/p+1.